The molecule has 122 valence electrons. The first-order valence-electron chi connectivity index (χ1n) is 8.66. The van der Waals surface area contributed by atoms with Gasteiger partial charge in [0.05, 0.1) is 6.04 Å². The number of aromatic nitrogens is 2. The Labute approximate surface area is 133 Å². The molecule has 2 fully saturated rings. The van der Waals surface area contributed by atoms with Gasteiger partial charge in [-0.2, -0.15) is 5.10 Å². The van der Waals surface area contributed by atoms with E-state index in [0.29, 0.717) is 11.7 Å². The highest BCUT2D eigenvalue weighted by Crippen LogP contribution is 2.33. The molecule has 0 radical (unpaired) electrons. The number of rotatable bonds is 3. The Bertz CT molecular complexity index is 520. The Morgan fingerprint density at radius 2 is 2.36 bits per heavy atom. The second-order valence-corrected chi connectivity index (χ2v) is 7.18. The van der Waals surface area contributed by atoms with Crippen LogP contribution in [0.5, 0.6) is 0 Å². The number of piperidine rings is 2. The van der Waals surface area contributed by atoms with E-state index in [2.05, 4.69) is 24.3 Å². The fourth-order valence-corrected chi connectivity index (χ4v) is 3.65. The number of nitrogens with one attached hydrogen (secondary N) is 1. The van der Waals surface area contributed by atoms with Crippen molar-refractivity contribution < 1.29 is 4.79 Å². The van der Waals surface area contributed by atoms with E-state index in [4.69, 9.17) is 0 Å². The minimum atomic E-state index is 0.0990. The maximum Gasteiger partial charge on any atom is 0.274 e. The predicted octanol–water partition coefficient (Wildman–Crippen LogP) is 2.46. The summed E-state index contributed by atoms with van der Waals surface area (Å²) in [5.74, 6) is 0.0990. The number of likely N-dealkylation sites (tertiary alicyclic amines) is 1. The second-order valence-electron chi connectivity index (χ2n) is 7.18. The van der Waals surface area contributed by atoms with Crippen molar-refractivity contribution in [2.24, 2.45) is 5.41 Å². The molecule has 0 spiro atoms. The molecule has 1 aromatic rings. The van der Waals surface area contributed by atoms with E-state index in [1.54, 1.807) is 0 Å². The average Bonchev–Trinajstić information content (AvgIpc) is 3.05. The number of hydrogen-bond donors (Lipinski definition) is 1. The fraction of sp³-hybridized carbons (Fsp3) is 0.765. The van der Waals surface area contributed by atoms with Crippen LogP contribution < -0.4 is 5.32 Å². The lowest BCUT2D eigenvalue weighted by atomic mass is 9.79. The molecule has 3 rings (SSSR count). The number of hydrogen-bond acceptors (Lipinski definition) is 3. The molecule has 0 saturated carbocycles. The third-order valence-corrected chi connectivity index (χ3v) is 5.39. The van der Waals surface area contributed by atoms with Gasteiger partial charge < -0.3 is 10.2 Å². The first-order valence-corrected chi connectivity index (χ1v) is 8.66. The van der Waals surface area contributed by atoms with Gasteiger partial charge in [-0.3, -0.25) is 9.48 Å². The van der Waals surface area contributed by atoms with Gasteiger partial charge in [-0.15, -0.1) is 0 Å². The highest BCUT2D eigenvalue weighted by Gasteiger charge is 2.32. The van der Waals surface area contributed by atoms with E-state index >= 15 is 0 Å². The molecule has 1 N–H and O–H groups in total. The minimum Gasteiger partial charge on any atom is -0.337 e. The molecule has 1 amide bonds. The smallest absolute Gasteiger partial charge is 0.274 e. The molecular formula is C17H28N4O. The molecule has 2 atom stereocenters. The van der Waals surface area contributed by atoms with Crippen LogP contribution in [0.4, 0.5) is 0 Å². The van der Waals surface area contributed by atoms with Gasteiger partial charge in [-0.05, 0) is 50.1 Å². The molecule has 2 aliphatic rings. The second kappa shape index (κ2) is 6.41. The molecule has 0 aliphatic carbocycles. The highest BCUT2D eigenvalue weighted by atomic mass is 16.2. The van der Waals surface area contributed by atoms with Gasteiger partial charge in [-0.1, -0.05) is 13.8 Å². The van der Waals surface area contributed by atoms with Crippen LogP contribution in [-0.2, 0) is 0 Å². The van der Waals surface area contributed by atoms with Crippen LogP contribution in [0.2, 0.25) is 0 Å². The van der Waals surface area contributed by atoms with Crippen molar-refractivity contribution >= 4 is 5.91 Å². The van der Waals surface area contributed by atoms with Crippen LogP contribution in [-0.4, -0.2) is 46.8 Å². The Kier molecular flexibility index (Phi) is 4.52. The van der Waals surface area contributed by atoms with Gasteiger partial charge in [0.1, 0.15) is 5.69 Å². The summed E-state index contributed by atoms with van der Waals surface area (Å²) in [5.41, 5.74) is 0.870. The maximum absolute atomic E-state index is 12.7. The largest absolute Gasteiger partial charge is 0.337 e. The summed E-state index contributed by atoms with van der Waals surface area (Å²) in [6, 6.07) is 2.27. The lowest BCUT2D eigenvalue weighted by Crippen LogP contribution is -2.44. The summed E-state index contributed by atoms with van der Waals surface area (Å²) < 4.78 is 1.97. The Hall–Kier alpha value is -1.36. The van der Waals surface area contributed by atoms with Crippen LogP contribution in [0.3, 0.4) is 0 Å². The standard InChI is InChI=1S/C17H28N4O/c1-3-17(2)8-5-10-20(13-17)16(22)15-7-11-21(19-15)14-6-4-9-18-12-14/h7,11,14,18H,3-6,8-10,12-13H2,1-2H3. The first kappa shape index (κ1) is 15.5. The zero-order valence-electron chi connectivity index (χ0n) is 13.8. The van der Waals surface area contributed by atoms with Crippen molar-refractivity contribution in [3.63, 3.8) is 0 Å². The Morgan fingerprint density at radius 1 is 1.50 bits per heavy atom. The minimum absolute atomic E-state index is 0.0990. The summed E-state index contributed by atoms with van der Waals surface area (Å²) in [5, 5.41) is 7.97. The first-order chi connectivity index (χ1) is 10.6. The van der Waals surface area contributed by atoms with Crippen molar-refractivity contribution in [2.75, 3.05) is 26.2 Å². The summed E-state index contributed by atoms with van der Waals surface area (Å²) >= 11 is 0. The van der Waals surface area contributed by atoms with Crippen LogP contribution in [0.25, 0.3) is 0 Å². The zero-order valence-corrected chi connectivity index (χ0v) is 13.8. The van der Waals surface area contributed by atoms with E-state index in [9.17, 15) is 4.79 Å². The van der Waals surface area contributed by atoms with Gasteiger partial charge in [-0.25, -0.2) is 0 Å². The molecular weight excluding hydrogens is 276 g/mol. The zero-order chi connectivity index (χ0) is 15.6. The predicted molar refractivity (Wildman–Crippen MR) is 86.9 cm³/mol. The summed E-state index contributed by atoms with van der Waals surface area (Å²) in [7, 11) is 0. The van der Waals surface area contributed by atoms with Crippen molar-refractivity contribution in [3.05, 3.63) is 18.0 Å². The molecule has 2 saturated heterocycles. The quantitative estimate of drug-likeness (QED) is 0.933. The lowest BCUT2D eigenvalue weighted by molar-refractivity contribution is 0.0536. The summed E-state index contributed by atoms with van der Waals surface area (Å²) in [6.07, 6.45) is 7.72. The molecule has 5 heteroatoms. The fourth-order valence-electron chi connectivity index (χ4n) is 3.65. The van der Waals surface area contributed by atoms with Crippen LogP contribution in [0.1, 0.15) is 62.5 Å². The monoisotopic (exact) mass is 304 g/mol. The van der Waals surface area contributed by atoms with Crippen LogP contribution in [0.15, 0.2) is 12.3 Å². The molecule has 0 aromatic carbocycles. The normalized spacial score (nSPS) is 29.5. The van der Waals surface area contributed by atoms with E-state index in [0.717, 1.165) is 45.4 Å². The summed E-state index contributed by atoms with van der Waals surface area (Å²) in [6.45, 7) is 8.28. The summed E-state index contributed by atoms with van der Waals surface area (Å²) in [4.78, 5) is 14.7. The molecule has 2 unspecified atom stereocenters. The molecule has 2 aliphatic heterocycles. The average molecular weight is 304 g/mol. The van der Waals surface area contributed by atoms with Gasteiger partial charge >= 0.3 is 0 Å². The highest BCUT2D eigenvalue weighted by molar-refractivity contribution is 5.92. The van der Waals surface area contributed by atoms with Gasteiger partial charge in [0.25, 0.3) is 5.91 Å². The number of amides is 1. The van der Waals surface area contributed by atoms with E-state index in [1.807, 2.05) is 21.8 Å². The van der Waals surface area contributed by atoms with Gasteiger partial charge in [0.15, 0.2) is 0 Å². The number of carbonyl (C=O) groups excluding carboxylic acids is 1. The van der Waals surface area contributed by atoms with Crippen LogP contribution >= 0.6 is 0 Å². The third kappa shape index (κ3) is 3.19. The Morgan fingerprint density at radius 3 is 3.09 bits per heavy atom. The Balaban J connectivity index is 1.68. The van der Waals surface area contributed by atoms with Crippen molar-refractivity contribution in [1.29, 1.82) is 0 Å². The molecule has 3 heterocycles. The molecule has 5 nitrogen and oxygen atoms in total. The van der Waals surface area contributed by atoms with E-state index in [-0.39, 0.29) is 11.3 Å². The van der Waals surface area contributed by atoms with Crippen molar-refractivity contribution in [1.82, 2.24) is 20.0 Å². The van der Waals surface area contributed by atoms with E-state index < -0.39 is 0 Å². The maximum atomic E-state index is 12.7. The van der Waals surface area contributed by atoms with Crippen molar-refractivity contribution in [3.8, 4) is 0 Å². The number of nitrogens with zero attached hydrogens (tertiary/aromatic N) is 3. The third-order valence-electron chi connectivity index (χ3n) is 5.39. The van der Waals surface area contributed by atoms with Crippen molar-refractivity contribution in [2.45, 2.75) is 52.0 Å². The number of carbonyl (C=O) groups is 1. The molecule has 0 bridgehead atoms. The lowest BCUT2D eigenvalue weighted by Gasteiger charge is -2.39. The topological polar surface area (TPSA) is 50.2 Å². The van der Waals surface area contributed by atoms with Gasteiger partial charge in [0, 0.05) is 25.8 Å². The molecule has 1 aromatic heterocycles. The van der Waals surface area contributed by atoms with E-state index in [1.165, 1.54) is 12.8 Å². The van der Waals surface area contributed by atoms with Crippen LogP contribution in [0, 0.1) is 5.41 Å². The van der Waals surface area contributed by atoms with Gasteiger partial charge in [0.2, 0.25) is 0 Å². The SMILES string of the molecule is CCC1(C)CCCN(C(=O)c2ccn(C3CCCNC3)n2)C1. The molecule has 22 heavy (non-hydrogen) atoms.